The number of rotatable bonds is 2. The maximum Gasteiger partial charge on any atom is 0.228 e. The topological polar surface area (TPSA) is 46.3 Å². The van der Waals surface area contributed by atoms with Crippen LogP contribution in [0.1, 0.15) is 45.4 Å². The average molecular weight is 236 g/mol. The largest absolute Gasteiger partial charge is 0.342 e. The van der Waals surface area contributed by atoms with Gasteiger partial charge in [-0.1, -0.05) is 13.3 Å². The lowest BCUT2D eigenvalue weighted by Crippen LogP contribution is -2.47. The summed E-state index contributed by atoms with van der Waals surface area (Å²) in [6.07, 6.45) is 6.87. The van der Waals surface area contributed by atoms with Gasteiger partial charge in [-0.05, 0) is 43.9 Å². The van der Waals surface area contributed by atoms with Gasteiger partial charge in [0.2, 0.25) is 5.91 Å². The molecule has 1 amide bonds. The van der Waals surface area contributed by atoms with Crippen LogP contribution in [0.2, 0.25) is 0 Å². The minimum absolute atomic E-state index is 0.0166. The van der Waals surface area contributed by atoms with Crippen molar-refractivity contribution < 1.29 is 4.79 Å². The molecule has 1 aliphatic heterocycles. The molecular formula is C14H24N2O. The van der Waals surface area contributed by atoms with E-state index in [4.69, 9.17) is 5.73 Å². The van der Waals surface area contributed by atoms with Crippen LogP contribution in [0.5, 0.6) is 0 Å². The molecule has 1 saturated heterocycles. The quantitative estimate of drug-likeness (QED) is 0.794. The fourth-order valence-electron chi connectivity index (χ4n) is 4.13. The summed E-state index contributed by atoms with van der Waals surface area (Å²) in [7, 11) is 0. The Labute approximate surface area is 104 Å². The summed E-state index contributed by atoms with van der Waals surface area (Å²) in [5, 5.41) is 0. The Morgan fingerprint density at radius 3 is 2.65 bits per heavy atom. The van der Waals surface area contributed by atoms with Crippen molar-refractivity contribution in [3.8, 4) is 0 Å². The third-order valence-electron chi connectivity index (χ3n) is 5.64. The molecule has 2 N–H and O–H groups in total. The summed E-state index contributed by atoms with van der Waals surface area (Å²) in [6.45, 7) is 4.09. The van der Waals surface area contributed by atoms with Gasteiger partial charge >= 0.3 is 0 Å². The molecule has 3 unspecified atom stereocenters. The SMILES string of the molecule is CCC1(C(=O)N2CC3CCC(N)C3C2)CCC1. The highest BCUT2D eigenvalue weighted by molar-refractivity contribution is 5.84. The number of fused-ring (bicyclic) bond motifs is 1. The molecular weight excluding hydrogens is 212 g/mol. The zero-order chi connectivity index (χ0) is 12.0. The molecule has 3 heteroatoms. The smallest absolute Gasteiger partial charge is 0.228 e. The lowest BCUT2D eigenvalue weighted by molar-refractivity contribution is -0.147. The van der Waals surface area contributed by atoms with E-state index >= 15 is 0 Å². The molecule has 2 aliphatic carbocycles. The molecule has 3 aliphatic rings. The molecule has 2 saturated carbocycles. The first kappa shape index (κ1) is 11.5. The van der Waals surface area contributed by atoms with Gasteiger partial charge in [0.25, 0.3) is 0 Å². The van der Waals surface area contributed by atoms with Gasteiger partial charge in [-0.15, -0.1) is 0 Å². The highest BCUT2D eigenvalue weighted by Gasteiger charge is 2.49. The van der Waals surface area contributed by atoms with Crippen LogP contribution in [0.25, 0.3) is 0 Å². The first-order valence-corrected chi connectivity index (χ1v) is 7.21. The summed E-state index contributed by atoms with van der Waals surface area (Å²) in [4.78, 5) is 14.7. The molecule has 3 atom stereocenters. The average Bonchev–Trinajstić information content (AvgIpc) is 2.80. The van der Waals surface area contributed by atoms with Gasteiger partial charge in [-0.25, -0.2) is 0 Å². The van der Waals surface area contributed by atoms with E-state index in [1.165, 1.54) is 12.8 Å². The van der Waals surface area contributed by atoms with Gasteiger partial charge in [-0.2, -0.15) is 0 Å². The third kappa shape index (κ3) is 1.62. The van der Waals surface area contributed by atoms with Crippen LogP contribution in [-0.2, 0) is 4.79 Å². The van der Waals surface area contributed by atoms with Crippen LogP contribution in [0.4, 0.5) is 0 Å². The number of hydrogen-bond donors (Lipinski definition) is 1. The van der Waals surface area contributed by atoms with Crippen molar-refractivity contribution >= 4 is 5.91 Å². The van der Waals surface area contributed by atoms with E-state index in [-0.39, 0.29) is 5.41 Å². The van der Waals surface area contributed by atoms with Crippen LogP contribution in [-0.4, -0.2) is 29.9 Å². The Kier molecular flexibility index (Phi) is 2.69. The summed E-state index contributed by atoms with van der Waals surface area (Å²) >= 11 is 0. The van der Waals surface area contributed by atoms with Crippen LogP contribution < -0.4 is 5.73 Å². The molecule has 3 nitrogen and oxygen atoms in total. The Morgan fingerprint density at radius 1 is 1.35 bits per heavy atom. The first-order chi connectivity index (χ1) is 8.16. The fraction of sp³-hybridized carbons (Fsp3) is 0.929. The fourth-order valence-corrected chi connectivity index (χ4v) is 4.13. The number of hydrogen-bond acceptors (Lipinski definition) is 2. The lowest BCUT2D eigenvalue weighted by Gasteiger charge is -2.42. The van der Waals surface area contributed by atoms with Crippen LogP contribution in [0.15, 0.2) is 0 Å². The van der Waals surface area contributed by atoms with Gasteiger partial charge in [0, 0.05) is 24.5 Å². The first-order valence-electron chi connectivity index (χ1n) is 7.21. The molecule has 3 rings (SSSR count). The number of amides is 1. The second-order valence-electron chi connectivity index (χ2n) is 6.36. The minimum Gasteiger partial charge on any atom is -0.342 e. The Morgan fingerprint density at radius 2 is 2.12 bits per heavy atom. The Balaban J connectivity index is 1.69. The Hall–Kier alpha value is -0.570. The van der Waals surface area contributed by atoms with Crippen molar-refractivity contribution in [1.29, 1.82) is 0 Å². The zero-order valence-electron chi connectivity index (χ0n) is 10.8. The van der Waals surface area contributed by atoms with Gasteiger partial charge in [0.15, 0.2) is 0 Å². The van der Waals surface area contributed by atoms with E-state index < -0.39 is 0 Å². The molecule has 1 heterocycles. The summed E-state index contributed by atoms with van der Waals surface area (Å²) < 4.78 is 0. The van der Waals surface area contributed by atoms with E-state index in [1.54, 1.807) is 0 Å². The molecule has 0 spiro atoms. The molecule has 3 fully saturated rings. The molecule has 0 aromatic heterocycles. The van der Waals surface area contributed by atoms with Crippen LogP contribution >= 0.6 is 0 Å². The highest BCUT2D eigenvalue weighted by atomic mass is 16.2. The number of carbonyl (C=O) groups is 1. The van der Waals surface area contributed by atoms with E-state index in [2.05, 4.69) is 11.8 Å². The van der Waals surface area contributed by atoms with Crippen molar-refractivity contribution in [3.05, 3.63) is 0 Å². The summed E-state index contributed by atoms with van der Waals surface area (Å²) in [5.74, 6) is 1.73. The van der Waals surface area contributed by atoms with E-state index in [9.17, 15) is 4.79 Å². The molecule has 17 heavy (non-hydrogen) atoms. The third-order valence-corrected chi connectivity index (χ3v) is 5.64. The van der Waals surface area contributed by atoms with E-state index in [0.717, 1.165) is 38.8 Å². The molecule has 0 aromatic rings. The number of nitrogens with two attached hydrogens (primary N) is 1. The number of likely N-dealkylation sites (tertiary alicyclic amines) is 1. The van der Waals surface area contributed by atoms with E-state index in [0.29, 0.717) is 23.8 Å². The van der Waals surface area contributed by atoms with Crippen molar-refractivity contribution in [2.45, 2.75) is 51.5 Å². The van der Waals surface area contributed by atoms with Gasteiger partial charge in [-0.3, -0.25) is 4.79 Å². The number of carbonyl (C=O) groups excluding carboxylic acids is 1. The monoisotopic (exact) mass is 236 g/mol. The Bertz CT molecular complexity index is 319. The molecule has 0 bridgehead atoms. The minimum atomic E-state index is 0.0166. The maximum atomic E-state index is 12.6. The normalized spacial score (nSPS) is 38.9. The summed E-state index contributed by atoms with van der Waals surface area (Å²) in [6, 6.07) is 0.344. The molecule has 96 valence electrons. The predicted molar refractivity (Wildman–Crippen MR) is 67.3 cm³/mol. The molecule has 0 aromatic carbocycles. The van der Waals surface area contributed by atoms with Crippen LogP contribution in [0.3, 0.4) is 0 Å². The number of nitrogens with zero attached hydrogens (tertiary/aromatic N) is 1. The van der Waals surface area contributed by atoms with Crippen molar-refractivity contribution in [2.75, 3.05) is 13.1 Å². The standard InChI is InChI=1S/C14H24N2O/c1-2-14(6-3-7-14)13(17)16-8-10-4-5-12(15)11(10)9-16/h10-12H,2-9,15H2,1H3. The van der Waals surface area contributed by atoms with Gasteiger partial charge in [0.1, 0.15) is 0 Å². The second kappa shape index (κ2) is 3.98. The van der Waals surface area contributed by atoms with Crippen LogP contribution in [0, 0.1) is 17.3 Å². The lowest BCUT2D eigenvalue weighted by atomic mass is 9.66. The predicted octanol–water partition coefficient (Wildman–Crippen LogP) is 1.76. The highest BCUT2D eigenvalue weighted by Crippen LogP contribution is 2.47. The van der Waals surface area contributed by atoms with Gasteiger partial charge in [0.05, 0.1) is 0 Å². The maximum absolute atomic E-state index is 12.6. The summed E-state index contributed by atoms with van der Waals surface area (Å²) in [5.41, 5.74) is 6.15. The second-order valence-corrected chi connectivity index (χ2v) is 6.36. The zero-order valence-corrected chi connectivity index (χ0v) is 10.8. The molecule has 0 radical (unpaired) electrons. The van der Waals surface area contributed by atoms with Crippen molar-refractivity contribution in [2.24, 2.45) is 23.0 Å². The van der Waals surface area contributed by atoms with Crippen molar-refractivity contribution in [3.63, 3.8) is 0 Å². The van der Waals surface area contributed by atoms with Gasteiger partial charge < -0.3 is 10.6 Å². The van der Waals surface area contributed by atoms with Crippen molar-refractivity contribution in [1.82, 2.24) is 4.90 Å². The van der Waals surface area contributed by atoms with E-state index in [1.807, 2.05) is 0 Å².